The average molecular weight is 161 g/mol. The second-order valence-electron chi connectivity index (χ2n) is 3.18. The summed E-state index contributed by atoms with van der Waals surface area (Å²) in [5.74, 6) is 0.419. The van der Waals surface area contributed by atoms with Gasteiger partial charge in [0.15, 0.2) is 5.78 Å². The molecule has 62 valence electrons. The fourth-order valence-corrected chi connectivity index (χ4v) is 1.71. The Labute approximate surface area is 71.6 Å². The van der Waals surface area contributed by atoms with Crippen molar-refractivity contribution >= 4 is 5.78 Å². The monoisotopic (exact) mass is 161 g/mol. The van der Waals surface area contributed by atoms with Gasteiger partial charge in [-0.1, -0.05) is 13.0 Å². The molecule has 1 aliphatic rings. The summed E-state index contributed by atoms with van der Waals surface area (Å²) in [6.45, 7) is 2.05. The summed E-state index contributed by atoms with van der Waals surface area (Å²) in [6.07, 6.45) is 3.50. The largest absolute Gasteiger partial charge is 0.292 e. The zero-order chi connectivity index (χ0) is 8.55. The van der Waals surface area contributed by atoms with E-state index in [0.29, 0.717) is 5.69 Å². The summed E-state index contributed by atoms with van der Waals surface area (Å²) < 4.78 is 0. The Morgan fingerprint density at radius 1 is 1.67 bits per heavy atom. The van der Waals surface area contributed by atoms with Crippen LogP contribution in [0.25, 0.3) is 0 Å². The summed E-state index contributed by atoms with van der Waals surface area (Å²) in [7, 11) is 0. The molecule has 0 fully saturated rings. The molecule has 2 nitrogen and oxygen atoms in total. The molecule has 0 spiro atoms. The number of nitrogens with zero attached hydrogens (tertiary/aromatic N) is 1. The highest BCUT2D eigenvalue weighted by Crippen LogP contribution is 2.26. The molecule has 1 aliphatic carbocycles. The lowest BCUT2D eigenvalue weighted by atomic mass is 10.0. The summed E-state index contributed by atoms with van der Waals surface area (Å²) in [5, 5.41) is 0. The molecule has 0 aliphatic heterocycles. The van der Waals surface area contributed by atoms with Crippen LogP contribution in [0.15, 0.2) is 18.3 Å². The van der Waals surface area contributed by atoms with E-state index in [0.717, 1.165) is 18.4 Å². The van der Waals surface area contributed by atoms with E-state index < -0.39 is 0 Å². The van der Waals surface area contributed by atoms with E-state index in [9.17, 15) is 4.79 Å². The van der Waals surface area contributed by atoms with Gasteiger partial charge >= 0.3 is 0 Å². The van der Waals surface area contributed by atoms with Crippen LogP contribution in [0.5, 0.6) is 0 Å². The van der Waals surface area contributed by atoms with Crippen molar-refractivity contribution in [2.24, 2.45) is 5.92 Å². The zero-order valence-corrected chi connectivity index (χ0v) is 7.08. The van der Waals surface area contributed by atoms with Crippen LogP contribution in [0.4, 0.5) is 0 Å². The van der Waals surface area contributed by atoms with E-state index in [2.05, 4.69) is 11.9 Å². The van der Waals surface area contributed by atoms with Crippen LogP contribution < -0.4 is 0 Å². The molecule has 0 radical (unpaired) electrons. The Kier molecular flexibility index (Phi) is 1.68. The van der Waals surface area contributed by atoms with E-state index >= 15 is 0 Å². The minimum Gasteiger partial charge on any atom is -0.292 e. The van der Waals surface area contributed by atoms with Crippen LogP contribution in [0.1, 0.15) is 29.4 Å². The summed E-state index contributed by atoms with van der Waals surface area (Å²) in [6, 6.07) is 3.89. The smallest absolute Gasteiger partial charge is 0.184 e. The normalized spacial score (nSPS) is 21.1. The predicted molar refractivity (Wildman–Crippen MR) is 46.1 cm³/mol. The van der Waals surface area contributed by atoms with Crippen molar-refractivity contribution in [2.45, 2.75) is 19.8 Å². The van der Waals surface area contributed by atoms with Crippen molar-refractivity contribution in [3.8, 4) is 0 Å². The summed E-state index contributed by atoms with van der Waals surface area (Å²) in [4.78, 5) is 15.7. The van der Waals surface area contributed by atoms with Crippen molar-refractivity contribution in [1.29, 1.82) is 0 Å². The Balaban J connectivity index is 2.42. The highest BCUT2D eigenvalue weighted by Gasteiger charge is 2.29. The molecule has 2 rings (SSSR count). The number of hydrogen-bond acceptors (Lipinski definition) is 2. The number of hydrogen-bond donors (Lipinski definition) is 0. The van der Waals surface area contributed by atoms with Gasteiger partial charge in [-0.25, -0.2) is 0 Å². The molecule has 1 aromatic rings. The molecule has 0 N–H and O–H groups in total. The van der Waals surface area contributed by atoms with E-state index in [1.165, 1.54) is 0 Å². The van der Waals surface area contributed by atoms with E-state index in [1.54, 1.807) is 6.20 Å². The average Bonchev–Trinajstić information content (AvgIpc) is 2.44. The van der Waals surface area contributed by atoms with E-state index in [1.807, 2.05) is 12.1 Å². The van der Waals surface area contributed by atoms with Gasteiger partial charge in [0.05, 0.1) is 0 Å². The van der Waals surface area contributed by atoms with Crippen molar-refractivity contribution in [3.05, 3.63) is 29.6 Å². The van der Waals surface area contributed by atoms with Crippen molar-refractivity contribution < 1.29 is 4.79 Å². The third-order valence-corrected chi connectivity index (χ3v) is 2.45. The fraction of sp³-hybridized carbons (Fsp3) is 0.400. The maximum Gasteiger partial charge on any atom is 0.184 e. The molecular weight excluding hydrogens is 150 g/mol. The van der Waals surface area contributed by atoms with E-state index in [-0.39, 0.29) is 11.7 Å². The van der Waals surface area contributed by atoms with Crippen molar-refractivity contribution in [2.75, 3.05) is 0 Å². The first-order valence-electron chi connectivity index (χ1n) is 4.31. The van der Waals surface area contributed by atoms with E-state index in [4.69, 9.17) is 0 Å². The molecule has 0 aromatic carbocycles. The maximum absolute atomic E-state index is 11.6. The number of pyridine rings is 1. The molecule has 0 saturated heterocycles. The maximum atomic E-state index is 11.6. The van der Waals surface area contributed by atoms with Crippen molar-refractivity contribution in [1.82, 2.24) is 4.98 Å². The molecule has 1 aromatic heterocycles. The molecule has 1 unspecified atom stereocenters. The Morgan fingerprint density at radius 2 is 2.50 bits per heavy atom. The van der Waals surface area contributed by atoms with Gasteiger partial charge in [0, 0.05) is 12.1 Å². The third-order valence-electron chi connectivity index (χ3n) is 2.45. The Morgan fingerprint density at radius 3 is 3.17 bits per heavy atom. The molecular formula is C10H11NO. The quantitative estimate of drug-likeness (QED) is 0.629. The van der Waals surface area contributed by atoms with Gasteiger partial charge in [0.25, 0.3) is 0 Å². The number of Topliss-reactive ketones (excluding diaryl/α,β-unsaturated/α-hetero) is 1. The van der Waals surface area contributed by atoms with Gasteiger partial charge < -0.3 is 0 Å². The Bertz CT molecular complexity index is 319. The van der Waals surface area contributed by atoms with Gasteiger partial charge in [0.1, 0.15) is 5.69 Å². The van der Waals surface area contributed by atoms with Crippen LogP contribution in [-0.4, -0.2) is 10.8 Å². The topological polar surface area (TPSA) is 30.0 Å². The highest BCUT2D eigenvalue weighted by molar-refractivity contribution is 6.00. The zero-order valence-electron chi connectivity index (χ0n) is 7.08. The van der Waals surface area contributed by atoms with Gasteiger partial charge in [-0.05, 0) is 24.5 Å². The molecule has 0 bridgehead atoms. The summed E-state index contributed by atoms with van der Waals surface area (Å²) >= 11 is 0. The fourth-order valence-electron chi connectivity index (χ4n) is 1.71. The lowest BCUT2D eigenvalue weighted by Crippen LogP contribution is -2.07. The van der Waals surface area contributed by atoms with Gasteiger partial charge in [-0.2, -0.15) is 0 Å². The predicted octanol–water partition coefficient (Wildman–Crippen LogP) is 1.85. The van der Waals surface area contributed by atoms with Gasteiger partial charge in [-0.15, -0.1) is 0 Å². The SMILES string of the molecule is CCC1Cc2cccnc2C1=O. The number of fused-ring (bicyclic) bond motifs is 1. The first-order valence-corrected chi connectivity index (χ1v) is 4.31. The molecule has 2 heteroatoms. The number of ketones is 1. The third kappa shape index (κ3) is 0.951. The number of aromatic nitrogens is 1. The molecule has 12 heavy (non-hydrogen) atoms. The Hall–Kier alpha value is -1.18. The highest BCUT2D eigenvalue weighted by atomic mass is 16.1. The first kappa shape index (κ1) is 7.47. The van der Waals surface area contributed by atoms with Crippen LogP contribution >= 0.6 is 0 Å². The molecule has 0 amide bonds. The van der Waals surface area contributed by atoms with Gasteiger partial charge in [-0.3, -0.25) is 9.78 Å². The molecule has 0 saturated carbocycles. The lowest BCUT2D eigenvalue weighted by molar-refractivity contribution is 0.0930. The second-order valence-corrected chi connectivity index (χ2v) is 3.18. The van der Waals surface area contributed by atoms with Crippen LogP contribution in [0, 0.1) is 5.92 Å². The van der Waals surface area contributed by atoms with Crippen LogP contribution in [0.3, 0.4) is 0 Å². The minimum atomic E-state index is 0.190. The van der Waals surface area contributed by atoms with Crippen molar-refractivity contribution in [3.63, 3.8) is 0 Å². The van der Waals surface area contributed by atoms with Gasteiger partial charge in [0.2, 0.25) is 0 Å². The number of rotatable bonds is 1. The second kappa shape index (κ2) is 2.70. The van der Waals surface area contributed by atoms with Crippen LogP contribution in [-0.2, 0) is 6.42 Å². The number of carbonyl (C=O) groups is 1. The molecule has 1 atom stereocenters. The number of carbonyl (C=O) groups excluding carboxylic acids is 1. The minimum absolute atomic E-state index is 0.190. The molecule has 1 heterocycles. The standard InChI is InChI=1S/C10H11NO/c1-2-7-6-8-4-3-5-11-9(8)10(7)12/h3-5,7H,2,6H2,1H3. The van der Waals surface area contributed by atoms with Crippen LogP contribution in [0.2, 0.25) is 0 Å². The summed E-state index contributed by atoms with van der Waals surface area (Å²) in [5.41, 5.74) is 1.82. The lowest BCUT2D eigenvalue weighted by Gasteiger charge is -1.99. The first-order chi connectivity index (χ1) is 5.83.